The van der Waals surface area contributed by atoms with Crippen LogP contribution in [0.3, 0.4) is 0 Å². The normalized spacial score (nSPS) is 28.8. The lowest BCUT2D eigenvalue weighted by atomic mass is 9.78. The average molecular weight is 153 g/mol. The Bertz CT molecular complexity index is 147. The van der Waals surface area contributed by atoms with E-state index in [1.165, 1.54) is 12.8 Å². The first kappa shape index (κ1) is 8.79. The molecule has 11 heavy (non-hydrogen) atoms. The van der Waals surface area contributed by atoms with Crippen LogP contribution in [0.5, 0.6) is 0 Å². The average Bonchev–Trinajstić information content (AvgIpc) is 1.94. The van der Waals surface area contributed by atoms with Gasteiger partial charge in [0.1, 0.15) is 0 Å². The summed E-state index contributed by atoms with van der Waals surface area (Å²) in [6.45, 7) is 7.86. The van der Waals surface area contributed by atoms with Gasteiger partial charge in [0.15, 0.2) is 0 Å². The molecule has 1 aliphatic carbocycles. The fraction of sp³-hybridized carbons (Fsp3) is 0.800. The third-order valence-electron chi connectivity index (χ3n) is 2.52. The van der Waals surface area contributed by atoms with E-state index in [9.17, 15) is 0 Å². The zero-order valence-corrected chi connectivity index (χ0v) is 7.85. The first-order valence-corrected chi connectivity index (χ1v) is 4.58. The van der Waals surface area contributed by atoms with Crippen LogP contribution in [0.25, 0.3) is 0 Å². The molecule has 1 heteroatoms. The van der Waals surface area contributed by atoms with Crippen LogP contribution in [0.4, 0.5) is 0 Å². The molecule has 0 spiro atoms. The Morgan fingerprint density at radius 2 is 2.27 bits per heavy atom. The molecule has 0 heterocycles. The Kier molecular flexibility index (Phi) is 2.72. The van der Waals surface area contributed by atoms with Crippen molar-refractivity contribution in [1.82, 2.24) is 5.32 Å². The van der Waals surface area contributed by atoms with Gasteiger partial charge in [0, 0.05) is 6.04 Å². The minimum Gasteiger partial charge on any atom is -0.313 e. The van der Waals surface area contributed by atoms with Crippen molar-refractivity contribution in [2.24, 2.45) is 5.41 Å². The van der Waals surface area contributed by atoms with Gasteiger partial charge in [-0.3, -0.25) is 0 Å². The van der Waals surface area contributed by atoms with E-state index in [0.717, 1.165) is 6.54 Å². The largest absolute Gasteiger partial charge is 0.313 e. The van der Waals surface area contributed by atoms with Gasteiger partial charge >= 0.3 is 0 Å². The molecule has 0 aliphatic heterocycles. The van der Waals surface area contributed by atoms with Gasteiger partial charge < -0.3 is 5.32 Å². The smallest absolute Gasteiger partial charge is 0.0156 e. The first-order valence-electron chi connectivity index (χ1n) is 4.58. The molecule has 0 aromatic carbocycles. The minimum atomic E-state index is 0.355. The molecule has 0 aromatic rings. The highest BCUT2D eigenvalue weighted by Crippen LogP contribution is 2.29. The van der Waals surface area contributed by atoms with Crippen molar-refractivity contribution < 1.29 is 0 Å². The summed E-state index contributed by atoms with van der Waals surface area (Å²) in [6, 6.07) is 0.678. The second kappa shape index (κ2) is 3.40. The highest BCUT2D eigenvalue weighted by Gasteiger charge is 2.27. The Morgan fingerprint density at radius 1 is 1.55 bits per heavy atom. The molecule has 0 saturated heterocycles. The summed E-state index contributed by atoms with van der Waals surface area (Å²) >= 11 is 0. The Labute approximate surface area is 69.9 Å². The summed E-state index contributed by atoms with van der Waals surface area (Å²) in [6.07, 6.45) is 7.16. The molecule has 1 unspecified atom stereocenters. The molecule has 0 amide bonds. The van der Waals surface area contributed by atoms with E-state index in [-0.39, 0.29) is 0 Å². The molecule has 1 rings (SSSR count). The van der Waals surface area contributed by atoms with Crippen molar-refractivity contribution in [3.63, 3.8) is 0 Å². The molecule has 0 saturated carbocycles. The first-order chi connectivity index (χ1) is 5.17. The zero-order chi connectivity index (χ0) is 8.32. The van der Waals surface area contributed by atoms with Crippen molar-refractivity contribution in [2.75, 3.05) is 6.54 Å². The molecule has 1 N–H and O–H groups in total. The lowest BCUT2D eigenvalue weighted by Gasteiger charge is -2.35. The summed E-state index contributed by atoms with van der Waals surface area (Å²) in [5, 5.41) is 3.52. The fourth-order valence-electron chi connectivity index (χ4n) is 1.75. The van der Waals surface area contributed by atoms with E-state index in [1.54, 1.807) is 0 Å². The Balaban J connectivity index is 2.57. The van der Waals surface area contributed by atoms with Crippen LogP contribution in [-0.2, 0) is 0 Å². The quantitative estimate of drug-likeness (QED) is 0.600. The van der Waals surface area contributed by atoms with E-state index in [1.807, 2.05) is 0 Å². The van der Waals surface area contributed by atoms with Gasteiger partial charge in [-0.05, 0) is 24.8 Å². The molecule has 0 bridgehead atoms. The molecule has 1 nitrogen and oxygen atoms in total. The van der Waals surface area contributed by atoms with Crippen LogP contribution in [0.2, 0.25) is 0 Å². The van der Waals surface area contributed by atoms with E-state index in [2.05, 4.69) is 38.2 Å². The van der Waals surface area contributed by atoms with Crippen molar-refractivity contribution in [3.8, 4) is 0 Å². The number of hydrogen-bond donors (Lipinski definition) is 1. The van der Waals surface area contributed by atoms with Crippen LogP contribution in [0.1, 0.15) is 33.6 Å². The summed E-state index contributed by atoms with van der Waals surface area (Å²) < 4.78 is 0. The molecular weight excluding hydrogens is 134 g/mol. The summed E-state index contributed by atoms with van der Waals surface area (Å²) in [4.78, 5) is 0. The van der Waals surface area contributed by atoms with Gasteiger partial charge in [-0.1, -0.05) is 32.9 Å². The molecular formula is C10H19N. The Hall–Kier alpha value is -0.300. The number of allylic oxidation sites excluding steroid dienone is 1. The molecule has 1 atom stereocenters. The minimum absolute atomic E-state index is 0.355. The van der Waals surface area contributed by atoms with Crippen LogP contribution in [-0.4, -0.2) is 12.6 Å². The van der Waals surface area contributed by atoms with Crippen LogP contribution in [0, 0.1) is 5.41 Å². The predicted octanol–water partition coefficient (Wildman–Crippen LogP) is 2.34. The monoisotopic (exact) mass is 153 g/mol. The van der Waals surface area contributed by atoms with E-state index < -0.39 is 0 Å². The van der Waals surface area contributed by atoms with E-state index in [0.29, 0.717) is 11.5 Å². The highest BCUT2D eigenvalue weighted by molar-refractivity contribution is 5.05. The molecule has 0 fully saturated rings. The van der Waals surface area contributed by atoms with E-state index >= 15 is 0 Å². The maximum absolute atomic E-state index is 3.52. The second-order valence-electron chi connectivity index (χ2n) is 3.91. The van der Waals surface area contributed by atoms with Gasteiger partial charge in [0.05, 0.1) is 0 Å². The van der Waals surface area contributed by atoms with Gasteiger partial charge in [-0.15, -0.1) is 0 Å². The fourth-order valence-corrected chi connectivity index (χ4v) is 1.75. The van der Waals surface area contributed by atoms with E-state index in [4.69, 9.17) is 0 Å². The van der Waals surface area contributed by atoms with Gasteiger partial charge in [-0.25, -0.2) is 0 Å². The van der Waals surface area contributed by atoms with Crippen molar-refractivity contribution >= 4 is 0 Å². The maximum atomic E-state index is 3.52. The van der Waals surface area contributed by atoms with Crippen LogP contribution < -0.4 is 5.32 Å². The van der Waals surface area contributed by atoms with Gasteiger partial charge in [0.25, 0.3) is 0 Å². The number of rotatable bonds is 2. The topological polar surface area (TPSA) is 12.0 Å². The summed E-state index contributed by atoms with van der Waals surface area (Å²) in [5.74, 6) is 0. The second-order valence-corrected chi connectivity index (χ2v) is 3.91. The zero-order valence-electron chi connectivity index (χ0n) is 7.85. The molecule has 1 aliphatic rings. The third kappa shape index (κ3) is 2.06. The molecule has 0 aromatic heterocycles. The van der Waals surface area contributed by atoms with Crippen LogP contribution >= 0.6 is 0 Å². The lowest BCUT2D eigenvalue weighted by molar-refractivity contribution is 0.285. The standard InChI is InChI=1S/C10H19N/c1-4-11-9-7-5-6-8-10(9,2)3/h6,8-9,11H,4-5,7H2,1-3H3. The highest BCUT2D eigenvalue weighted by atomic mass is 14.9. The number of nitrogens with one attached hydrogen (secondary N) is 1. The summed E-state index contributed by atoms with van der Waals surface area (Å²) in [5.41, 5.74) is 0.355. The molecule has 0 radical (unpaired) electrons. The molecule has 64 valence electrons. The number of hydrogen-bond acceptors (Lipinski definition) is 1. The van der Waals surface area contributed by atoms with Gasteiger partial charge in [0.2, 0.25) is 0 Å². The van der Waals surface area contributed by atoms with Crippen molar-refractivity contribution in [3.05, 3.63) is 12.2 Å². The SMILES string of the molecule is CCNC1CCC=CC1(C)C. The Morgan fingerprint density at radius 3 is 2.82 bits per heavy atom. The maximum Gasteiger partial charge on any atom is 0.0156 e. The lowest BCUT2D eigenvalue weighted by Crippen LogP contribution is -2.42. The van der Waals surface area contributed by atoms with Crippen molar-refractivity contribution in [1.29, 1.82) is 0 Å². The van der Waals surface area contributed by atoms with Crippen molar-refractivity contribution in [2.45, 2.75) is 39.7 Å². The van der Waals surface area contributed by atoms with Gasteiger partial charge in [-0.2, -0.15) is 0 Å². The third-order valence-corrected chi connectivity index (χ3v) is 2.52. The summed E-state index contributed by atoms with van der Waals surface area (Å²) in [7, 11) is 0. The predicted molar refractivity (Wildman–Crippen MR) is 49.6 cm³/mol. The van der Waals surface area contributed by atoms with Crippen LogP contribution in [0.15, 0.2) is 12.2 Å².